The maximum Gasteiger partial charge on any atom is 0.353 e. The Morgan fingerprint density at radius 2 is 2.10 bits per heavy atom. The molecule has 0 aromatic carbocycles. The van der Waals surface area contributed by atoms with E-state index in [2.05, 4.69) is 10.1 Å². The van der Waals surface area contributed by atoms with Crippen molar-refractivity contribution in [2.24, 2.45) is 0 Å². The van der Waals surface area contributed by atoms with Crippen LogP contribution in [0.3, 0.4) is 0 Å². The quantitative estimate of drug-likeness (QED) is 0.437. The molecule has 0 aliphatic carbocycles. The average molecular weight is 285 g/mol. The van der Waals surface area contributed by atoms with E-state index in [0.717, 1.165) is 15.4 Å². The summed E-state index contributed by atoms with van der Waals surface area (Å²) in [4.78, 5) is 28.2. The fraction of sp³-hybridized carbons (Fsp3) is 0.556. The van der Waals surface area contributed by atoms with E-state index in [1.807, 2.05) is 4.98 Å². The molecule has 0 bridgehead atoms. The molecule has 108 valence electrons. The number of aromatic amines is 1. The van der Waals surface area contributed by atoms with Gasteiger partial charge in [-0.2, -0.15) is 10.1 Å². The summed E-state index contributed by atoms with van der Waals surface area (Å²) in [6, 6.07) is 0. The Morgan fingerprint density at radius 3 is 2.75 bits per heavy atom. The minimum Gasteiger partial charge on any atom is -0.394 e. The van der Waals surface area contributed by atoms with Gasteiger partial charge in [0.2, 0.25) is 5.78 Å². The molecule has 3 rings (SSSR count). The van der Waals surface area contributed by atoms with Crippen molar-refractivity contribution in [1.29, 1.82) is 0 Å². The van der Waals surface area contributed by atoms with Crippen LogP contribution in [0.25, 0.3) is 5.78 Å². The predicted octanol–water partition coefficient (Wildman–Crippen LogP) is -3.81. The highest BCUT2D eigenvalue weighted by molar-refractivity contribution is 5.25. The molecular formula is C9H11N5O6. The first-order chi connectivity index (χ1) is 9.52. The second-order valence-corrected chi connectivity index (χ2v) is 4.33. The minimum atomic E-state index is -1.36. The van der Waals surface area contributed by atoms with E-state index in [0.29, 0.717) is 0 Å². The molecule has 11 heteroatoms. The first kappa shape index (κ1) is 12.9. The van der Waals surface area contributed by atoms with Crippen LogP contribution in [0.2, 0.25) is 0 Å². The van der Waals surface area contributed by atoms with Crippen molar-refractivity contribution in [3.05, 3.63) is 27.3 Å². The van der Waals surface area contributed by atoms with Crippen molar-refractivity contribution in [2.45, 2.75) is 24.5 Å². The second-order valence-electron chi connectivity index (χ2n) is 4.33. The molecule has 0 amide bonds. The smallest absolute Gasteiger partial charge is 0.353 e. The van der Waals surface area contributed by atoms with E-state index in [1.165, 1.54) is 0 Å². The van der Waals surface area contributed by atoms with Gasteiger partial charge in [-0.1, -0.05) is 0 Å². The summed E-state index contributed by atoms with van der Waals surface area (Å²) in [7, 11) is 0. The summed E-state index contributed by atoms with van der Waals surface area (Å²) >= 11 is 0. The van der Waals surface area contributed by atoms with E-state index in [-0.39, 0.29) is 5.78 Å². The molecule has 1 saturated heterocycles. The predicted molar refractivity (Wildman–Crippen MR) is 60.9 cm³/mol. The van der Waals surface area contributed by atoms with E-state index >= 15 is 0 Å². The molecule has 11 nitrogen and oxygen atoms in total. The Balaban J connectivity index is 2.12. The maximum atomic E-state index is 11.5. The number of aromatic nitrogens is 5. The van der Waals surface area contributed by atoms with Crippen LogP contribution in [-0.4, -0.2) is 64.4 Å². The van der Waals surface area contributed by atoms with Gasteiger partial charge < -0.3 is 20.1 Å². The summed E-state index contributed by atoms with van der Waals surface area (Å²) in [6.07, 6.45) is -3.63. The number of aliphatic hydroxyl groups is 3. The van der Waals surface area contributed by atoms with Crippen molar-refractivity contribution >= 4 is 5.78 Å². The van der Waals surface area contributed by atoms with Crippen molar-refractivity contribution in [1.82, 2.24) is 24.1 Å². The van der Waals surface area contributed by atoms with Crippen LogP contribution in [0.1, 0.15) is 6.23 Å². The molecule has 4 N–H and O–H groups in total. The molecule has 1 aliphatic heterocycles. The van der Waals surface area contributed by atoms with E-state index in [1.54, 1.807) is 0 Å². The number of nitrogens with one attached hydrogen (secondary N) is 1. The minimum absolute atomic E-state index is 0.145. The van der Waals surface area contributed by atoms with Crippen LogP contribution in [0, 0.1) is 0 Å². The Morgan fingerprint density at radius 1 is 1.35 bits per heavy atom. The van der Waals surface area contributed by atoms with Crippen LogP contribution in [0.15, 0.2) is 15.9 Å². The van der Waals surface area contributed by atoms with Gasteiger partial charge in [-0.3, -0.25) is 9.55 Å². The summed E-state index contributed by atoms with van der Waals surface area (Å²) in [6.45, 7) is -0.491. The molecule has 3 heterocycles. The lowest BCUT2D eigenvalue weighted by Gasteiger charge is -2.15. The zero-order valence-corrected chi connectivity index (χ0v) is 9.95. The largest absolute Gasteiger partial charge is 0.394 e. The molecule has 4 atom stereocenters. The zero-order valence-electron chi connectivity index (χ0n) is 9.95. The van der Waals surface area contributed by atoms with Crippen LogP contribution >= 0.6 is 0 Å². The topological polar surface area (TPSA) is 155 Å². The Labute approximate surface area is 109 Å². The summed E-state index contributed by atoms with van der Waals surface area (Å²) < 4.78 is 7.23. The molecule has 20 heavy (non-hydrogen) atoms. The normalized spacial score (nSPS) is 30.1. The van der Waals surface area contributed by atoms with Crippen molar-refractivity contribution < 1.29 is 20.1 Å². The molecule has 0 saturated carbocycles. The number of aliphatic hydroxyl groups excluding tert-OH is 3. The SMILES string of the molecule is O=c1nc2n(C3OC(CO)C(O)C3O)cnn2c(=O)[nH]1. The highest BCUT2D eigenvalue weighted by Gasteiger charge is 2.44. The third kappa shape index (κ3) is 1.76. The highest BCUT2D eigenvalue weighted by Crippen LogP contribution is 2.29. The van der Waals surface area contributed by atoms with Crippen molar-refractivity contribution in [3.8, 4) is 0 Å². The van der Waals surface area contributed by atoms with Crippen LogP contribution in [-0.2, 0) is 4.74 Å². The van der Waals surface area contributed by atoms with Gasteiger partial charge in [-0.05, 0) is 0 Å². The summed E-state index contributed by atoms with van der Waals surface area (Å²) in [5.74, 6) is -0.145. The lowest BCUT2D eigenvalue weighted by molar-refractivity contribution is -0.0512. The van der Waals surface area contributed by atoms with Gasteiger partial charge in [0.05, 0.1) is 6.61 Å². The molecule has 1 aliphatic rings. The van der Waals surface area contributed by atoms with Gasteiger partial charge in [0.15, 0.2) is 6.23 Å². The molecule has 2 aromatic heterocycles. The van der Waals surface area contributed by atoms with Gasteiger partial charge in [0.1, 0.15) is 24.6 Å². The van der Waals surface area contributed by atoms with Crippen molar-refractivity contribution in [2.75, 3.05) is 6.61 Å². The van der Waals surface area contributed by atoms with E-state index < -0.39 is 42.5 Å². The number of hydrogen-bond donors (Lipinski definition) is 4. The summed E-state index contributed by atoms with van der Waals surface area (Å²) in [5, 5.41) is 32.3. The van der Waals surface area contributed by atoms with Gasteiger partial charge in [0, 0.05) is 0 Å². The monoisotopic (exact) mass is 285 g/mol. The first-order valence-corrected chi connectivity index (χ1v) is 5.71. The van der Waals surface area contributed by atoms with Crippen LogP contribution in [0.4, 0.5) is 0 Å². The number of ether oxygens (including phenoxy) is 1. The van der Waals surface area contributed by atoms with Gasteiger partial charge in [-0.25, -0.2) is 9.59 Å². The lowest BCUT2D eigenvalue weighted by Crippen LogP contribution is -2.33. The lowest BCUT2D eigenvalue weighted by atomic mass is 10.1. The summed E-state index contributed by atoms with van der Waals surface area (Å²) in [5.41, 5.74) is -1.66. The number of H-pyrrole nitrogens is 1. The standard InChI is InChI=1S/C9H11N5O6/c15-1-3-4(16)5(17)6(20-3)13-2-10-14-8(13)11-7(18)12-9(14)19/h2-6,15-17H,1H2,(H,12,18,19). The Bertz CT molecular complexity index is 749. The number of nitrogens with zero attached hydrogens (tertiary/aromatic N) is 4. The third-order valence-electron chi connectivity index (χ3n) is 3.11. The van der Waals surface area contributed by atoms with E-state index in [9.17, 15) is 19.8 Å². The fourth-order valence-electron chi connectivity index (χ4n) is 2.12. The molecule has 0 spiro atoms. The highest BCUT2D eigenvalue weighted by atomic mass is 16.6. The van der Waals surface area contributed by atoms with Gasteiger partial charge in [-0.15, -0.1) is 4.52 Å². The third-order valence-corrected chi connectivity index (χ3v) is 3.11. The second kappa shape index (κ2) is 4.49. The van der Waals surface area contributed by atoms with Crippen LogP contribution in [0.5, 0.6) is 0 Å². The molecular weight excluding hydrogens is 274 g/mol. The Kier molecular flexibility index (Phi) is 2.90. The number of hydrogen-bond acceptors (Lipinski definition) is 8. The van der Waals surface area contributed by atoms with Crippen molar-refractivity contribution in [3.63, 3.8) is 0 Å². The number of rotatable bonds is 2. The Hall–Kier alpha value is -2.08. The molecule has 4 unspecified atom stereocenters. The maximum absolute atomic E-state index is 11.5. The molecule has 0 radical (unpaired) electrons. The number of fused-ring (bicyclic) bond motifs is 1. The van der Waals surface area contributed by atoms with E-state index in [4.69, 9.17) is 9.84 Å². The van der Waals surface area contributed by atoms with Gasteiger partial charge in [0.25, 0.3) is 0 Å². The van der Waals surface area contributed by atoms with Gasteiger partial charge >= 0.3 is 11.4 Å². The first-order valence-electron chi connectivity index (χ1n) is 5.71. The average Bonchev–Trinajstić information content (AvgIpc) is 2.93. The molecule has 2 aromatic rings. The fourth-order valence-corrected chi connectivity index (χ4v) is 2.12. The molecule has 1 fully saturated rings. The van der Waals surface area contributed by atoms with Crippen LogP contribution < -0.4 is 11.4 Å². The zero-order chi connectivity index (χ0) is 14.4.